The molecule has 0 bridgehead atoms. The lowest BCUT2D eigenvalue weighted by atomic mass is 10.0. The standard InChI is InChI=1S/C36H43N5O6/c42-33-15-14-30(35(44)38-24-27-10-6-11-28(22-27)25-41-17-20-46-21-18-41)40-34(43)29-12-4-5-13-32(29)47-19-7-16-37-36(45)31(39-33)23-26-8-2-1-3-9-26/h1-6,8-13,22,30-31H,7,14-21,23-25H2,(H,37,45)(H,38,44)(H,39,42)(H,40,43)/t30-,31?/m0/s1. The van der Waals surface area contributed by atoms with Gasteiger partial charge in [0.15, 0.2) is 0 Å². The van der Waals surface area contributed by atoms with Gasteiger partial charge >= 0.3 is 0 Å². The molecule has 3 aromatic carbocycles. The molecule has 11 heteroatoms. The highest BCUT2D eigenvalue weighted by Gasteiger charge is 2.26. The number of morpholine rings is 1. The van der Waals surface area contributed by atoms with Gasteiger partial charge in [-0.25, -0.2) is 0 Å². The van der Waals surface area contributed by atoms with E-state index in [0.717, 1.165) is 49.5 Å². The number of rotatable bonds is 7. The van der Waals surface area contributed by atoms with Crippen LogP contribution in [0.3, 0.4) is 0 Å². The molecule has 1 fully saturated rings. The average molecular weight is 642 g/mol. The maximum absolute atomic E-state index is 13.6. The quantitative estimate of drug-likeness (QED) is 0.311. The number of para-hydroxylation sites is 1. The van der Waals surface area contributed by atoms with E-state index in [1.807, 2.05) is 42.5 Å². The Morgan fingerprint density at radius 1 is 0.851 bits per heavy atom. The highest BCUT2D eigenvalue weighted by molar-refractivity contribution is 5.99. The number of nitrogens with zero attached hydrogens (tertiary/aromatic N) is 1. The van der Waals surface area contributed by atoms with Gasteiger partial charge in [0.2, 0.25) is 17.7 Å². The van der Waals surface area contributed by atoms with Crippen molar-refractivity contribution in [3.63, 3.8) is 0 Å². The van der Waals surface area contributed by atoms with E-state index < -0.39 is 23.9 Å². The van der Waals surface area contributed by atoms with E-state index in [2.05, 4.69) is 38.3 Å². The second kappa shape index (κ2) is 17.3. The van der Waals surface area contributed by atoms with Gasteiger partial charge in [-0.3, -0.25) is 24.1 Å². The van der Waals surface area contributed by atoms with Crippen molar-refractivity contribution in [2.75, 3.05) is 39.5 Å². The van der Waals surface area contributed by atoms with E-state index in [4.69, 9.17) is 9.47 Å². The number of amides is 4. The van der Waals surface area contributed by atoms with Crippen molar-refractivity contribution in [3.8, 4) is 5.75 Å². The first-order chi connectivity index (χ1) is 22.9. The molecule has 0 aliphatic carbocycles. The minimum absolute atomic E-state index is 0.0309. The Morgan fingerprint density at radius 3 is 2.43 bits per heavy atom. The minimum Gasteiger partial charge on any atom is -0.493 e. The molecule has 1 saturated heterocycles. The summed E-state index contributed by atoms with van der Waals surface area (Å²) in [6.07, 6.45) is 0.757. The predicted molar refractivity (Wildman–Crippen MR) is 177 cm³/mol. The summed E-state index contributed by atoms with van der Waals surface area (Å²) in [5.74, 6) is -1.20. The summed E-state index contributed by atoms with van der Waals surface area (Å²) in [7, 11) is 0. The van der Waals surface area contributed by atoms with Gasteiger partial charge < -0.3 is 30.7 Å². The predicted octanol–water partition coefficient (Wildman–Crippen LogP) is 2.34. The van der Waals surface area contributed by atoms with Crippen LogP contribution in [0, 0.1) is 0 Å². The largest absolute Gasteiger partial charge is 0.493 e. The lowest BCUT2D eigenvalue weighted by molar-refractivity contribution is -0.129. The van der Waals surface area contributed by atoms with Crippen molar-refractivity contribution < 1.29 is 28.7 Å². The van der Waals surface area contributed by atoms with Gasteiger partial charge in [-0.1, -0.05) is 66.7 Å². The lowest BCUT2D eigenvalue weighted by Gasteiger charge is -2.26. The number of carbonyl (C=O) groups excluding carboxylic acids is 4. The van der Waals surface area contributed by atoms with E-state index in [-0.39, 0.29) is 43.4 Å². The number of nitrogens with one attached hydrogen (secondary N) is 4. The van der Waals surface area contributed by atoms with Crippen LogP contribution in [0.1, 0.15) is 46.3 Å². The third-order valence-electron chi connectivity index (χ3n) is 8.19. The Bertz CT molecular complexity index is 1510. The first-order valence-corrected chi connectivity index (χ1v) is 16.2. The van der Waals surface area contributed by atoms with E-state index in [1.165, 1.54) is 0 Å². The first-order valence-electron chi connectivity index (χ1n) is 16.2. The SMILES string of the molecule is O=C1CC[C@@H](C(=O)NCc2cccc(CN3CCOCC3)c2)NC(=O)c2ccccc2OCCCNC(=O)C(Cc2ccccc2)N1. The number of fused-ring (bicyclic) bond motifs is 1. The molecule has 0 radical (unpaired) electrons. The Balaban J connectivity index is 1.29. The van der Waals surface area contributed by atoms with Gasteiger partial charge in [0.05, 0.1) is 25.4 Å². The second-order valence-electron chi connectivity index (χ2n) is 11.8. The van der Waals surface area contributed by atoms with Crippen LogP contribution in [0.25, 0.3) is 0 Å². The van der Waals surface area contributed by atoms with E-state index in [0.29, 0.717) is 25.1 Å². The van der Waals surface area contributed by atoms with Crippen molar-refractivity contribution in [1.29, 1.82) is 0 Å². The monoisotopic (exact) mass is 641 g/mol. The Kier molecular flexibility index (Phi) is 12.3. The van der Waals surface area contributed by atoms with Crippen LogP contribution in [-0.2, 0) is 38.6 Å². The molecule has 5 rings (SSSR count). The first kappa shape index (κ1) is 33.6. The Labute approximate surface area is 275 Å². The fraction of sp³-hybridized carbons (Fsp3) is 0.389. The molecule has 0 spiro atoms. The molecule has 0 saturated carbocycles. The van der Waals surface area contributed by atoms with Crippen LogP contribution >= 0.6 is 0 Å². The molecule has 248 valence electrons. The van der Waals surface area contributed by atoms with Crippen LogP contribution in [0.4, 0.5) is 0 Å². The molecule has 1 unspecified atom stereocenters. The number of hydrogen-bond donors (Lipinski definition) is 4. The highest BCUT2D eigenvalue weighted by Crippen LogP contribution is 2.19. The normalized spacial score (nSPS) is 20.1. The van der Waals surface area contributed by atoms with Crippen LogP contribution in [0.15, 0.2) is 78.9 Å². The Morgan fingerprint density at radius 2 is 1.60 bits per heavy atom. The van der Waals surface area contributed by atoms with Gasteiger partial charge in [-0.05, 0) is 41.7 Å². The van der Waals surface area contributed by atoms with Crippen molar-refractivity contribution >= 4 is 23.6 Å². The summed E-state index contributed by atoms with van der Waals surface area (Å²) in [5.41, 5.74) is 3.25. The molecule has 4 N–H and O–H groups in total. The third-order valence-corrected chi connectivity index (χ3v) is 8.19. The Hall–Kier alpha value is -4.74. The number of hydrogen-bond acceptors (Lipinski definition) is 7. The summed E-state index contributed by atoms with van der Waals surface area (Å²) in [4.78, 5) is 55.7. The molecule has 2 aliphatic heterocycles. The molecule has 0 aromatic heterocycles. The van der Waals surface area contributed by atoms with Crippen LogP contribution < -0.4 is 26.0 Å². The molecule has 2 aliphatic rings. The number of benzene rings is 3. The fourth-order valence-corrected chi connectivity index (χ4v) is 5.64. The average Bonchev–Trinajstić information content (AvgIpc) is 3.09. The van der Waals surface area contributed by atoms with Crippen LogP contribution in [0.5, 0.6) is 5.75 Å². The molecule has 47 heavy (non-hydrogen) atoms. The summed E-state index contributed by atoms with van der Waals surface area (Å²) >= 11 is 0. The van der Waals surface area contributed by atoms with Crippen molar-refractivity contribution in [2.24, 2.45) is 0 Å². The van der Waals surface area contributed by atoms with Gasteiger partial charge in [0.25, 0.3) is 5.91 Å². The van der Waals surface area contributed by atoms with Gasteiger partial charge in [-0.2, -0.15) is 0 Å². The minimum atomic E-state index is -1.01. The number of carbonyl (C=O) groups is 4. The van der Waals surface area contributed by atoms with E-state index >= 15 is 0 Å². The molecular weight excluding hydrogens is 598 g/mol. The zero-order chi connectivity index (χ0) is 32.8. The van der Waals surface area contributed by atoms with Gasteiger partial charge in [0.1, 0.15) is 17.8 Å². The van der Waals surface area contributed by atoms with Gasteiger partial charge in [0, 0.05) is 45.6 Å². The third kappa shape index (κ3) is 10.4. The number of ether oxygens (including phenoxy) is 2. The highest BCUT2D eigenvalue weighted by atomic mass is 16.5. The van der Waals surface area contributed by atoms with E-state index in [1.54, 1.807) is 24.3 Å². The molecular formula is C36H43N5O6. The van der Waals surface area contributed by atoms with Crippen LogP contribution in [-0.4, -0.2) is 80.1 Å². The van der Waals surface area contributed by atoms with Crippen molar-refractivity contribution in [2.45, 2.75) is 50.9 Å². The summed E-state index contributed by atoms with van der Waals surface area (Å²) in [5, 5.41) is 11.5. The molecule has 4 amide bonds. The maximum atomic E-state index is 13.6. The maximum Gasteiger partial charge on any atom is 0.255 e. The topological polar surface area (TPSA) is 138 Å². The molecule has 2 atom stereocenters. The van der Waals surface area contributed by atoms with Gasteiger partial charge in [-0.15, -0.1) is 0 Å². The summed E-state index contributed by atoms with van der Waals surface area (Å²) in [6, 6.07) is 22.5. The van der Waals surface area contributed by atoms with Crippen molar-refractivity contribution in [3.05, 3.63) is 101 Å². The zero-order valence-corrected chi connectivity index (χ0v) is 26.5. The lowest BCUT2D eigenvalue weighted by Crippen LogP contribution is -2.50. The van der Waals surface area contributed by atoms with E-state index in [9.17, 15) is 19.2 Å². The molecule has 11 nitrogen and oxygen atoms in total. The molecule has 2 heterocycles. The van der Waals surface area contributed by atoms with Crippen molar-refractivity contribution in [1.82, 2.24) is 26.2 Å². The fourth-order valence-electron chi connectivity index (χ4n) is 5.64. The van der Waals surface area contributed by atoms with Crippen LogP contribution in [0.2, 0.25) is 0 Å². The smallest absolute Gasteiger partial charge is 0.255 e. The summed E-state index contributed by atoms with van der Waals surface area (Å²) in [6.45, 7) is 4.85. The molecule has 3 aromatic rings. The summed E-state index contributed by atoms with van der Waals surface area (Å²) < 4.78 is 11.4. The zero-order valence-electron chi connectivity index (χ0n) is 26.5. The second-order valence-corrected chi connectivity index (χ2v) is 11.8.